The molecule has 2 aromatic carbocycles. The van der Waals surface area contributed by atoms with Gasteiger partial charge in [-0.25, -0.2) is 4.79 Å². The fourth-order valence-electron chi connectivity index (χ4n) is 2.70. The average Bonchev–Trinajstić information content (AvgIpc) is 2.67. The zero-order chi connectivity index (χ0) is 20.5. The van der Waals surface area contributed by atoms with E-state index in [1.807, 2.05) is 51.1 Å². The van der Waals surface area contributed by atoms with Crippen molar-refractivity contribution in [3.63, 3.8) is 0 Å². The maximum atomic E-state index is 12.7. The minimum atomic E-state index is -0.677. The number of benzene rings is 2. The van der Waals surface area contributed by atoms with Gasteiger partial charge < -0.3 is 16.0 Å². The molecule has 6 heteroatoms. The summed E-state index contributed by atoms with van der Waals surface area (Å²) < 4.78 is 0. The molecule has 28 heavy (non-hydrogen) atoms. The van der Waals surface area contributed by atoms with Crippen molar-refractivity contribution in [2.75, 3.05) is 5.32 Å². The van der Waals surface area contributed by atoms with E-state index in [0.717, 1.165) is 11.1 Å². The number of nitrogens with one attached hydrogen (secondary N) is 3. The van der Waals surface area contributed by atoms with Crippen LogP contribution in [0.25, 0.3) is 0 Å². The number of hydrogen-bond acceptors (Lipinski definition) is 3. The normalized spacial score (nSPS) is 11.4. The molecule has 2 rings (SSSR count). The molecule has 6 nitrogen and oxygen atoms in total. The quantitative estimate of drug-likeness (QED) is 0.685. The van der Waals surface area contributed by atoms with Gasteiger partial charge in [0, 0.05) is 12.2 Å². The molecule has 1 atom stereocenters. The minimum absolute atomic E-state index is 0.221. The number of urea groups is 1. The number of rotatable bonds is 7. The average molecular weight is 378 g/mol. The first-order valence-electron chi connectivity index (χ1n) is 9.28. The summed E-state index contributed by atoms with van der Waals surface area (Å²) in [6.45, 7) is 6.36. The highest BCUT2D eigenvalue weighted by atomic mass is 16.2. The summed E-state index contributed by atoms with van der Waals surface area (Å²) in [5, 5.41) is 17.3. The van der Waals surface area contributed by atoms with E-state index >= 15 is 0 Å². The Morgan fingerprint density at radius 1 is 1.11 bits per heavy atom. The van der Waals surface area contributed by atoms with Crippen LogP contribution < -0.4 is 16.0 Å². The van der Waals surface area contributed by atoms with Crippen molar-refractivity contribution < 1.29 is 9.59 Å². The van der Waals surface area contributed by atoms with E-state index in [2.05, 4.69) is 16.0 Å². The molecule has 0 aliphatic carbocycles. The van der Waals surface area contributed by atoms with Crippen molar-refractivity contribution in [1.29, 1.82) is 5.26 Å². The number of hydrogen-bond donors (Lipinski definition) is 3. The Hall–Kier alpha value is -3.33. The second-order valence-electron chi connectivity index (χ2n) is 7.18. The summed E-state index contributed by atoms with van der Waals surface area (Å²) in [5.41, 5.74) is 3.13. The molecule has 0 bridgehead atoms. The Kier molecular flexibility index (Phi) is 7.58. The van der Waals surface area contributed by atoms with Gasteiger partial charge in [-0.15, -0.1) is 0 Å². The van der Waals surface area contributed by atoms with Gasteiger partial charge in [0.15, 0.2) is 0 Å². The molecule has 0 aliphatic heterocycles. The predicted molar refractivity (Wildman–Crippen MR) is 110 cm³/mol. The Morgan fingerprint density at radius 3 is 2.46 bits per heavy atom. The topological polar surface area (TPSA) is 94.0 Å². The fourth-order valence-corrected chi connectivity index (χ4v) is 2.70. The second kappa shape index (κ2) is 10.1. The Morgan fingerprint density at radius 2 is 1.82 bits per heavy atom. The summed E-state index contributed by atoms with van der Waals surface area (Å²) in [6, 6.07) is 15.5. The molecule has 2 aromatic rings. The molecular formula is C22H26N4O2. The van der Waals surface area contributed by atoms with Gasteiger partial charge in [-0.2, -0.15) is 5.26 Å². The van der Waals surface area contributed by atoms with Crippen LogP contribution in [0.15, 0.2) is 48.5 Å². The lowest BCUT2D eigenvalue weighted by Gasteiger charge is -2.20. The standard InChI is InChI=1S/C22H26N4O2/c1-15(2)11-20(21(27)25-19-6-4-5-18(12-19)13-23)26-22(28)24-14-17-9-7-16(3)8-10-17/h4-10,12,15,20H,11,14H2,1-3H3,(H,25,27)(H2,24,26,28). The van der Waals surface area contributed by atoms with E-state index in [4.69, 9.17) is 5.26 Å². The van der Waals surface area contributed by atoms with Crippen LogP contribution in [0.4, 0.5) is 10.5 Å². The third-order valence-corrected chi connectivity index (χ3v) is 4.16. The van der Waals surface area contributed by atoms with Crippen LogP contribution in [0.3, 0.4) is 0 Å². The monoisotopic (exact) mass is 378 g/mol. The summed E-state index contributed by atoms with van der Waals surface area (Å²) in [7, 11) is 0. The Bertz CT molecular complexity index is 854. The van der Waals surface area contributed by atoms with Crippen LogP contribution in [0, 0.1) is 24.2 Å². The van der Waals surface area contributed by atoms with Crippen LogP contribution in [0.2, 0.25) is 0 Å². The smallest absolute Gasteiger partial charge is 0.315 e. The van der Waals surface area contributed by atoms with Crippen molar-refractivity contribution >= 4 is 17.6 Å². The van der Waals surface area contributed by atoms with Crippen LogP contribution in [0.1, 0.15) is 37.0 Å². The largest absolute Gasteiger partial charge is 0.334 e. The van der Waals surface area contributed by atoms with E-state index < -0.39 is 12.1 Å². The molecular weight excluding hydrogens is 352 g/mol. The van der Waals surface area contributed by atoms with Crippen molar-refractivity contribution in [1.82, 2.24) is 10.6 Å². The summed E-state index contributed by atoms with van der Waals surface area (Å²) in [6.07, 6.45) is 0.502. The van der Waals surface area contributed by atoms with Crippen LogP contribution >= 0.6 is 0 Å². The van der Waals surface area contributed by atoms with Gasteiger partial charge in [0.25, 0.3) is 0 Å². The highest BCUT2D eigenvalue weighted by Gasteiger charge is 2.22. The molecule has 0 fully saturated rings. The molecule has 3 amide bonds. The van der Waals surface area contributed by atoms with Crippen LogP contribution in [-0.2, 0) is 11.3 Å². The third-order valence-electron chi connectivity index (χ3n) is 4.16. The summed E-state index contributed by atoms with van der Waals surface area (Å²) in [5.74, 6) is -0.0899. The van der Waals surface area contributed by atoms with Crippen LogP contribution in [0.5, 0.6) is 0 Å². The first-order chi connectivity index (χ1) is 13.4. The molecule has 0 aliphatic rings. The molecule has 0 saturated carbocycles. The van der Waals surface area contributed by atoms with Crippen molar-refractivity contribution in [2.24, 2.45) is 5.92 Å². The van der Waals surface area contributed by atoms with Gasteiger partial charge in [0.05, 0.1) is 11.6 Å². The molecule has 0 radical (unpaired) electrons. The van der Waals surface area contributed by atoms with E-state index in [0.29, 0.717) is 24.2 Å². The predicted octanol–water partition coefficient (Wildman–Crippen LogP) is 3.72. The second-order valence-corrected chi connectivity index (χ2v) is 7.18. The van der Waals surface area contributed by atoms with Crippen molar-refractivity contribution in [2.45, 2.75) is 39.8 Å². The lowest BCUT2D eigenvalue weighted by molar-refractivity contribution is -0.118. The van der Waals surface area contributed by atoms with Crippen molar-refractivity contribution in [3.05, 3.63) is 65.2 Å². The first kappa shape index (κ1) is 21.0. The number of aryl methyl sites for hydroxylation is 1. The van der Waals surface area contributed by atoms with Gasteiger partial charge in [-0.05, 0) is 43.0 Å². The van der Waals surface area contributed by atoms with E-state index in [9.17, 15) is 9.59 Å². The number of amides is 3. The van der Waals surface area contributed by atoms with Gasteiger partial charge in [-0.3, -0.25) is 4.79 Å². The molecule has 146 valence electrons. The number of carbonyl (C=O) groups excluding carboxylic acids is 2. The van der Waals surface area contributed by atoms with Crippen molar-refractivity contribution in [3.8, 4) is 6.07 Å². The van der Waals surface area contributed by atoms with Gasteiger partial charge in [0.2, 0.25) is 5.91 Å². The SMILES string of the molecule is Cc1ccc(CNC(=O)NC(CC(C)C)C(=O)Nc2cccc(C#N)c2)cc1. The molecule has 1 unspecified atom stereocenters. The van der Waals surface area contributed by atoms with Gasteiger partial charge in [-0.1, -0.05) is 49.7 Å². The minimum Gasteiger partial charge on any atom is -0.334 e. The molecule has 0 spiro atoms. The molecule has 0 aromatic heterocycles. The summed E-state index contributed by atoms with van der Waals surface area (Å²) >= 11 is 0. The van der Waals surface area contributed by atoms with E-state index in [-0.39, 0.29) is 11.8 Å². The number of anilines is 1. The Balaban J connectivity index is 1.97. The third kappa shape index (κ3) is 6.76. The number of nitriles is 1. The van der Waals surface area contributed by atoms with Gasteiger partial charge in [0.1, 0.15) is 6.04 Å². The maximum Gasteiger partial charge on any atom is 0.315 e. The van der Waals surface area contributed by atoms with Crippen LogP contribution in [-0.4, -0.2) is 18.0 Å². The number of nitrogens with zero attached hydrogens (tertiary/aromatic N) is 1. The highest BCUT2D eigenvalue weighted by Crippen LogP contribution is 2.12. The zero-order valence-electron chi connectivity index (χ0n) is 16.5. The van der Waals surface area contributed by atoms with E-state index in [1.54, 1.807) is 24.3 Å². The highest BCUT2D eigenvalue weighted by molar-refractivity contribution is 5.97. The lowest BCUT2D eigenvalue weighted by atomic mass is 10.0. The first-order valence-corrected chi connectivity index (χ1v) is 9.28. The molecule has 0 saturated heterocycles. The lowest BCUT2D eigenvalue weighted by Crippen LogP contribution is -2.48. The zero-order valence-corrected chi connectivity index (χ0v) is 16.5. The maximum absolute atomic E-state index is 12.7. The molecule has 0 heterocycles. The number of carbonyl (C=O) groups is 2. The fraction of sp³-hybridized carbons (Fsp3) is 0.318. The molecule has 3 N–H and O–H groups in total. The van der Waals surface area contributed by atoms with E-state index in [1.165, 1.54) is 0 Å². The summed E-state index contributed by atoms with van der Waals surface area (Å²) in [4.78, 5) is 24.9. The Labute approximate surface area is 166 Å². The van der Waals surface area contributed by atoms with Gasteiger partial charge >= 0.3 is 6.03 Å².